The summed E-state index contributed by atoms with van der Waals surface area (Å²) in [5, 5.41) is 22.1. The van der Waals surface area contributed by atoms with Crippen molar-refractivity contribution in [2.24, 2.45) is 0 Å². The molecule has 0 saturated heterocycles. The molecular formula is C16H25NO3. The van der Waals surface area contributed by atoms with Gasteiger partial charge in [0.2, 0.25) is 0 Å². The predicted molar refractivity (Wildman–Crippen MR) is 78.9 cm³/mol. The Morgan fingerprint density at radius 2 is 1.95 bits per heavy atom. The van der Waals surface area contributed by atoms with Gasteiger partial charge in [-0.05, 0) is 31.9 Å². The van der Waals surface area contributed by atoms with Crippen molar-refractivity contribution in [3.63, 3.8) is 0 Å². The molecule has 0 radical (unpaired) electrons. The zero-order chi connectivity index (χ0) is 14.2. The molecule has 0 unspecified atom stereocenters. The maximum absolute atomic E-state index is 9.64. The number of rotatable bonds is 7. The summed E-state index contributed by atoms with van der Waals surface area (Å²) in [7, 11) is 0. The van der Waals surface area contributed by atoms with Crippen molar-refractivity contribution in [2.45, 2.75) is 51.2 Å². The monoisotopic (exact) mass is 279 g/mol. The van der Waals surface area contributed by atoms with Crippen LogP contribution in [0.3, 0.4) is 0 Å². The molecule has 1 fully saturated rings. The van der Waals surface area contributed by atoms with Crippen molar-refractivity contribution >= 4 is 0 Å². The highest BCUT2D eigenvalue weighted by molar-refractivity contribution is 5.38. The van der Waals surface area contributed by atoms with Gasteiger partial charge in [0, 0.05) is 24.8 Å². The molecule has 0 aliphatic heterocycles. The van der Waals surface area contributed by atoms with E-state index in [1.165, 1.54) is 38.2 Å². The first-order valence-corrected chi connectivity index (χ1v) is 7.59. The minimum absolute atomic E-state index is 0.0899. The van der Waals surface area contributed by atoms with Gasteiger partial charge in [-0.1, -0.05) is 25.3 Å². The molecule has 1 saturated carbocycles. The topological polar surface area (TPSA) is 61.7 Å². The van der Waals surface area contributed by atoms with Crippen molar-refractivity contribution in [2.75, 3.05) is 13.2 Å². The van der Waals surface area contributed by atoms with E-state index in [1.54, 1.807) is 12.1 Å². The third-order valence-corrected chi connectivity index (χ3v) is 3.79. The van der Waals surface area contributed by atoms with E-state index in [-0.39, 0.29) is 11.5 Å². The molecule has 0 amide bonds. The van der Waals surface area contributed by atoms with Crippen molar-refractivity contribution in [1.82, 2.24) is 5.32 Å². The highest BCUT2D eigenvalue weighted by Gasteiger charge is 2.12. The normalized spacial score (nSPS) is 16.4. The van der Waals surface area contributed by atoms with E-state index in [1.807, 2.05) is 0 Å². The van der Waals surface area contributed by atoms with Crippen LogP contribution >= 0.6 is 0 Å². The summed E-state index contributed by atoms with van der Waals surface area (Å²) in [4.78, 5) is 0. The van der Waals surface area contributed by atoms with Crippen LogP contribution in [-0.4, -0.2) is 29.5 Å². The first-order valence-electron chi connectivity index (χ1n) is 7.59. The number of ether oxygens (including phenoxy) is 1. The second kappa shape index (κ2) is 8.12. The smallest absolute Gasteiger partial charge is 0.123 e. The van der Waals surface area contributed by atoms with Crippen LogP contribution in [0.2, 0.25) is 0 Å². The molecule has 0 heterocycles. The lowest BCUT2D eigenvalue weighted by Crippen LogP contribution is -2.20. The largest absolute Gasteiger partial charge is 0.508 e. The second-order valence-corrected chi connectivity index (χ2v) is 5.47. The van der Waals surface area contributed by atoms with Gasteiger partial charge in [0.25, 0.3) is 0 Å². The number of hydrogen-bond donors (Lipinski definition) is 3. The fourth-order valence-corrected chi connectivity index (χ4v) is 2.60. The molecule has 1 aliphatic carbocycles. The molecule has 2 rings (SSSR count). The minimum atomic E-state index is 0.0899. The van der Waals surface area contributed by atoms with Crippen molar-refractivity contribution in [3.8, 4) is 11.5 Å². The number of hydrogen-bond acceptors (Lipinski definition) is 4. The maximum Gasteiger partial charge on any atom is 0.123 e. The highest BCUT2D eigenvalue weighted by atomic mass is 16.5. The quantitative estimate of drug-likeness (QED) is 0.672. The van der Waals surface area contributed by atoms with E-state index in [0.717, 1.165) is 25.1 Å². The van der Waals surface area contributed by atoms with Gasteiger partial charge in [-0.15, -0.1) is 0 Å². The van der Waals surface area contributed by atoms with Crippen LogP contribution in [0.1, 0.15) is 44.1 Å². The van der Waals surface area contributed by atoms with E-state index < -0.39 is 0 Å². The van der Waals surface area contributed by atoms with Crippen molar-refractivity contribution in [3.05, 3.63) is 23.8 Å². The van der Waals surface area contributed by atoms with Gasteiger partial charge in [-0.2, -0.15) is 0 Å². The standard InChI is InChI=1S/C16H25NO3/c18-14-8-7-13(16(19)11-14)12-17-9-4-10-20-15-5-2-1-3-6-15/h7-8,11,15,17-19H,1-6,9-10,12H2. The molecule has 1 aliphatic rings. The summed E-state index contributed by atoms with van der Waals surface area (Å²) < 4.78 is 5.85. The lowest BCUT2D eigenvalue weighted by molar-refractivity contribution is 0.0273. The van der Waals surface area contributed by atoms with Gasteiger partial charge < -0.3 is 20.3 Å². The molecule has 1 aromatic carbocycles. The lowest BCUT2D eigenvalue weighted by atomic mass is 9.98. The summed E-state index contributed by atoms with van der Waals surface area (Å²) in [6.45, 7) is 2.28. The Labute approximate surface area is 120 Å². The van der Waals surface area contributed by atoms with Crippen LogP contribution in [0.5, 0.6) is 11.5 Å². The Morgan fingerprint density at radius 1 is 1.15 bits per heavy atom. The molecule has 0 aromatic heterocycles. The molecule has 0 spiro atoms. The minimum Gasteiger partial charge on any atom is -0.508 e. The SMILES string of the molecule is Oc1ccc(CNCCCOC2CCCCC2)c(O)c1. The van der Waals surface area contributed by atoms with Crippen LogP contribution in [-0.2, 0) is 11.3 Å². The third-order valence-electron chi connectivity index (χ3n) is 3.79. The highest BCUT2D eigenvalue weighted by Crippen LogP contribution is 2.22. The number of aromatic hydroxyl groups is 2. The van der Waals surface area contributed by atoms with Gasteiger partial charge in [0.15, 0.2) is 0 Å². The third kappa shape index (κ3) is 5.02. The summed E-state index contributed by atoms with van der Waals surface area (Å²) in [6.07, 6.45) is 7.87. The maximum atomic E-state index is 9.64. The molecular weight excluding hydrogens is 254 g/mol. The van der Waals surface area contributed by atoms with Crippen LogP contribution in [0.25, 0.3) is 0 Å². The van der Waals surface area contributed by atoms with Gasteiger partial charge in [-0.25, -0.2) is 0 Å². The molecule has 4 heteroatoms. The second-order valence-electron chi connectivity index (χ2n) is 5.47. The molecule has 3 N–H and O–H groups in total. The van der Waals surface area contributed by atoms with Gasteiger partial charge in [0.1, 0.15) is 11.5 Å². The van der Waals surface area contributed by atoms with Crippen LogP contribution < -0.4 is 5.32 Å². The summed E-state index contributed by atoms with van der Waals surface area (Å²) in [5.41, 5.74) is 0.802. The Kier molecular flexibility index (Phi) is 6.15. The summed E-state index contributed by atoms with van der Waals surface area (Å²) in [6, 6.07) is 4.68. The number of phenols is 2. The Morgan fingerprint density at radius 3 is 2.70 bits per heavy atom. The molecule has 0 bridgehead atoms. The molecule has 112 valence electrons. The fraction of sp³-hybridized carbons (Fsp3) is 0.625. The average Bonchev–Trinajstić information content (AvgIpc) is 2.46. The number of benzene rings is 1. The first kappa shape index (κ1) is 15.1. The fourth-order valence-electron chi connectivity index (χ4n) is 2.60. The van der Waals surface area contributed by atoms with E-state index in [0.29, 0.717) is 12.6 Å². The predicted octanol–water partition coefficient (Wildman–Crippen LogP) is 2.93. The average molecular weight is 279 g/mol. The number of phenolic OH excluding ortho intramolecular Hbond substituents is 2. The van der Waals surface area contributed by atoms with Crippen molar-refractivity contribution in [1.29, 1.82) is 0 Å². The van der Waals surface area contributed by atoms with E-state index in [4.69, 9.17) is 4.74 Å². The van der Waals surface area contributed by atoms with Crippen LogP contribution in [0.15, 0.2) is 18.2 Å². The summed E-state index contributed by atoms with van der Waals surface area (Å²) in [5.74, 6) is 0.225. The Balaban J connectivity index is 1.55. The van der Waals surface area contributed by atoms with E-state index in [2.05, 4.69) is 5.32 Å². The molecule has 4 nitrogen and oxygen atoms in total. The molecule has 20 heavy (non-hydrogen) atoms. The molecule has 0 atom stereocenters. The first-order chi connectivity index (χ1) is 9.75. The van der Waals surface area contributed by atoms with Gasteiger partial charge in [0.05, 0.1) is 6.10 Å². The van der Waals surface area contributed by atoms with Crippen molar-refractivity contribution < 1.29 is 14.9 Å². The van der Waals surface area contributed by atoms with Crippen LogP contribution in [0.4, 0.5) is 0 Å². The van der Waals surface area contributed by atoms with E-state index >= 15 is 0 Å². The van der Waals surface area contributed by atoms with Gasteiger partial charge >= 0.3 is 0 Å². The van der Waals surface area contributed by atoms with Gasteiger partial charge in [-0.3, -0.25) is 0 Å². The van der Waals surface area contributed by atoms with Crippen LogP contribution in [0, 0.1) is 0 Å². The van der Waals surface area contributed by atoms with E-state index in [9.17, 15) is 10.2 Å². The number of nitrogens with one attached hydrogen (secondary N) is 1. The lowest BCUT2D eigenvalue weighted by Gasteiger charge is -2.21. The molecule has 1 aromatic rings. The summed E-state index contributed by atoms with van der Waals surface area (Å²) >= 11 is 0. The Hall–Kier alpha value is -1.26. The zero-order valence-electron chi connectivity index (χ0n) is 12.0. The Bertz CT molecular complexity index is 403. The zero-order valence-corrected chi connectivity index (χ0v) is 12.0.